The quantitative estimate of drug-likeness (QED) is 0.479. The van der Waals surface area contributed by atoms with Crippen molar-refractivity contribution >= 4 is 33.8 Å². The molecular formula is C24H24N4O2S. The van der Waals surface area contributed by atoms with Crippen LogP contribution in [0.3, 0.4) is 0 Å². The number of hydrogen-bond acceptors (Lipinski definition) is 4. The Morgan fingerprint density at radius 1 is 1.03 bits per heavy atom. The van der Waals surface area contributed by atoms with Crippen LogP contribution in [0, 0.1) is 0 Å². The minimum absolute atomic E-state index is 0.0261. The molecular weight excluding hydrogens is 408 g/mol. The molecule has 0 bridgehead atoms. The van der Waals surface area contributed by atoms with Gasteiger partial charge in [0.2, 0.25) is 5.91 Å². The van der Waals surface area contributed by atoms with Crippen LogP contribution in [0.2, 0.25) is 0 Å². The standard InChI is InChI=1S/C24H24N4O2S/c1-24(2,3)18-8-4-17(5-9-18)22(30)25-14-21(29)26-19-10-6-16(7-11-19)20-15-28-12-13-31-23(28)27-20/h4-13,15H,14H2,1-3H3,(H,25,30)(H,26,29). The number of amides is 2. The maximum absolute atomic E-state index is 12.3. The summed E-state index contributed by atoms with van der Waals surface area (Å²) >= 11 is 1.58. The van der Waals surface area contributed by atoms with Gasteiger partial charge in [0.05, 0.1) is 12.2 Å². The van der Waals surface area contributed by atoms with E-state index < -0.39 is 0 Å². The van der Waals surface area contributed by atoms with Crippen LogP contribution in [0.4, 0.5) is 5.69 Å². The number of anilines is 1. The first kappa shape index (κ1) is 20.8. The number of nitrogens with zero attached hydrogens (tertiary/aromatic N) is 2. The van der Waals surface area contributed by atoms with E-state index in [1.807, 2.05) is 58.6 Å². The summed E-state index contributed by atoms with van der Waals surface area (Å²) in [4.78, 5) is 30.1. The van der Waals surface area contributed by atoms with Gasteiger partial charge in [0, 0.05) is 34.6 Å². The van der Waals surface area contributed by atoms with E-state index in [4.69, 9.17) is 0 Å². The Labute approximate surface area is 185 Å². The summed E-state index contributed by atoms with van der Waals surface area (Å²) in [7, 11) is 0. The predicted octanol–water partition coefficient (Wildman–Crippen LogP) is 4.73. The van der Waals surface area contributed by atoms with Crippen LogP contribution in [0.15, 0.2) is 66.3 Å². The minimum Gasteiger partial charge on any atom is -0.343 e. The van der Waals surface area contributed by atoms with Gasteiger partial charge in [-0.25, -0.2) is 4.98 Å². The molecule has 0 aliphatic heterocycles. The van der Waals surface area contributed by atoms with Gasteiger partial charge < -0.3 is 10.6 Å². The van der Waals surface area contributed by atoms with Gasteiger partial charge in [0.25, 0.3) is 5.91 Å². The van der Waals surface area contributed by atoms with Crippen molar-refractivity contribution in [2.24, 2.45) is 0 Å². The van der Waals surface area contributed by atoms with Gasteiger partial charge in [-0.1, -0.05) is 45.0 Å². The largest absolute Gasteiger partial charge is 0.343 e. The Balaban J connectivity index is 1.31. The first-order valence-electron chi connectivity index (χ1n) is 10.0. The molecule has 2 amide bonds. The number of imidazole rings is 1. The lowest BCUT2D eigenvalue weighted by Crippen LogP contribution is -2.32. The monoisotopic (exact) mass is 432 g/mol. The fourth-order valence-corrected chi connectivity index (χ4v) is 3.88. The van der Waals surface area contributed by atoms with Crippen LogP contribution in [-0.2, 0) is 10.2 Å². The smallest absolute Gasteiger partial charge is 0.251 e. The molecule has 0 aliphatic carbocycles. The number of carbonyl (C=O) groups excluding carboxylic acids is 2. The summed E-state index contributed by atoms with van der Waals surface area (Å²) in [5, 5.41) is 7.46. The molecule has 6 nitrogen and oxygen atoms in total. The highest BCUT2D eigenvalue weighted by molar-refractivity contribution is 7.15. The molecule has 4 aromatic rings. The lowest BCUT2D eigenvalue weighted by atomic mass is 9.87. The molecule has 31 heavy (non-hydrogen) atoms. The van der Waals surface area contributed by atoms with E-state index in [1.165, 1.54) is 0 Å². The van der Waals surface area contributed by atoms with E-state index in [-0.39, 0.29) is 23.8 Å². The summed E-state index contributed by atoms with van der Waals surface area (Å²) < 4.78 is 1.98. The Kier molecular flexibility index (Phi) is 5.61. The third-order valence-corrected chi connectivity index (χ3v) is 5.75. The van der Waals surface area contributed by atoms with Crippen LogP contribution in [-0.4, -0.2) is 27.7 Å². The highest BCUT2D eigenvalue weighted by Crippen LogP contribution is 2.23. The lowest BCUT2D eigenvalue weighted by Gasteiger charge is -2.19. The van der Waals surface area contributed by atoms with E-state index in [1.54, 1.807) is 23.5 Å². The molecule has 0 unspecified atom stereocenters. The molecule has 2 heterocycles. The van der Waals surface area contributed by atoms with Crippen LogP contribution in [0.5, 0.6) is 0 Å². The Bertz CT molecular complexity index is 1190. The third-order valence-electron chi connectivity index (χ3n) is 4.98. The van der Waals surface area contributed by atoms with E-state index in [0.29, 0.717) is 11.3 Å². The fourth-order valence-electron chi connectivity index (χ4n) is 3.18. The van der Waals surface area contributed by atoms with Crippen molar-refractivity contribution in [3.63, 3.8) is 0 Å². The number of fused-ring (bicyclic) bond motifs is 1. The number of rotatable bonds is 5. The maximum Gasteiger partial charge on any atom is 0.251 e. The number of aromatic nitrogens is 2. The molecule has 0 atom stereocenters. The first-order valence-corrected chi connectivity index (χ1v) is 10.9. The van der Waals surface area contributed by atoms with Crippen LogP contribution >= 0.6 is 11.3 Å². The second-order valence-electron chi connectivity index (χ2n) is 8.35. The SMILES string of the molecule is CC(C)(C)c1ccc(C(=O)NCC(=O)Nc2ccc(-c3cn4ccsc4n3)cc2)cc1. The molecule has 0 saturated carbocycles. The van der Waals surface area contributed by atoms with Gasteiger partial charge in [0.1, 0.15) is 0 Å². The Morgan fingerprint density at radius 2 is 1.74 bits per heavy atom. The number of hydrogen-bond donors (Lipinski definition) is 2. The third kappa shape index (κ3) is 4.83. The summed E-state index contributed by atoms with van der Waals surface area (Å²) in [6, 6.07) is 14.9. The molecule has 158 valence electrons. The van der Waals surface area contributed by atoms with Gasteiger partial charge in [0.15, 0.2) is 4.96 Å². The normalized spacial score (nSPS) is 11.5. The molecule has 2 aromatic carbocycles. The summed E-state index contributed by atoms with van der Waals surface area (Å²) in [5.74, 6) is -0.555. The van der Waals surface area contributed by atoms with Crippen LogP contribution in [0.25, 0.3) is 16.2 Å². The van der Waals surface area contributed by atoms with Crippen molar-refractivity contribution < 1.29 is 9.59 Å². The number of nitrogens with one attached hydrogen (secondary N) is 2. The molecule has 2 N–H and O–H groups in total. The highest BCUT2D eigenvalue weighted by atomic mass is 32.1. The van der Waals surface area contributed by atoms with Crippen molar-refractivity contribution in [1.29, 1.82) is 0 Å². The Hall–Kier alpha value is -3.45. The molecule has 0 fully saturated rings. The molecule has 0 spiro atoms. The number of benzene rings is 2. The molecule has 0 saturated heterocycles. The van der Waals surface area contributed by atoms with Gasteiger partial charge in [-0.15, -0.1) is 11.3 Å². The summed E-state index contributed by atoms with van der Waals surface area (Å²) in [6.07, 6.45) is 3.95. The van der Waals surface area contributed by atoms with Gasteiger partial charge in [-0.2, -0.15) is 0 Å². The molecule has 0 aliphatic rings. The van der Waals surface area contributed by atoms with Crippen molar-refractivity contribution in [2.45, 2.75) is 26.2 Å². The van der Waals surface area contributed by atoms with Crippen molar-refractivity contribution in [3.05, 3.63) is 77.4 Å². The molecule has 4 rings (SSSR count). The fraction of sp³-hybridized carbons (Fsp3) is 0.208. The van der Waals surface area contributed by atoms with E-state index >= 15 is 0 Å². The summed E-state index contributed by atoms with van der Waals surface area (Å²) in [5.41, 5.74) is 4.23. The zero-order chi connectivity index (χ0) is 22.0. The van der Waals surface area contributed by atoms with Crippen molar-refractivity contribution in [2.75, 3.05) is 11.9 Å². The summed E-state index contributed by atoms with van der Waals surface area (Å²) in [6.45, 7) is 6.27. The van der Waals surface area contributed by atoms with Crippen molar-refractivity contribution in [1.82, 2.24) is 14.7 Å². The van der Waals surface area contributed by atoms with Crippen LogP contribution < -0.4 is 10.6 Å². The van der Waals surface area contributed by atoms with E-state index in [0.717, 1.165) is 21.8 Å². The lowest BCUT2D eigenvalue weighted by molar-refractivity contribution is -0.115. The zero-order valence-electron chi connectivity index (χ0n) is 17.7. The average Bonchev–Trinajstić information content (AvgIpc) is 3.34. The second-order valence-corrected chi connectivity index (χ2v) is 9.23. The van der Waals surface area contributed by atoms with Crippen LogP contribution in [0.1, 0.15) is 36.7 Å². The zero-order valence-corrected chi connectivity index (χ0v) is 18.5. The number of carbonyl (C=O) groups is 2. The van der Waals surface area contributed by atoms with Gasteiger partial charge in [-0.05, 0) is 35.2 Å². The average molecular weight is 433 g/mol. The van der Waals surface area contributed by atoms with Gasteiger partial charge >= 0.3 is 0 Å². The first-order chi connectivity index (χ1) is 14.8. The predicted molar refractivity (Wildman–Crippen MR) is 125 cm³/mol. The maximum atomic E-state index is 12.3. The second kappa shape index (κ2) is 8.35. The number of thiazole rings is 1. The minimum atomic E-state index is -0.282. The molecule has 2 aromatic heterocycles. The van der Waals surface area contributed by atoms with E-state index in [9.17, 15) is 9.59 Å². The van der Waals surface area contributed by atoms with Crippen molar-refractivity contribution in [3.8, 4) is 11.3 Å². The van der Waals surface area contributed by atoms with Gasteiger partial charge in [-0.3, -0.25) is 14.0 Å². The Morgan fingerprint density at radius 3 is 2.39 bits per heavy atom. The highest BCUT2D eigenvalue weighted by Gasteiger charge is 2.15. The molecule has 7 heteroatoms. The van der Waals surface area contributed by atoms with E-state index in [2.05, 4.69) is 36.4 Å². The topological polar surface area (TPSA) is 75.5 Å². The molecule has 0 radical (unpaired) electrons.